The van der Waals surface area contributed by atoms with E-state index in [1.165, 1.54) is 32.4 Å². The van der Waals surface area contributed by atoms with Gasteiger partial charge in [-0.3, -0.25) is 4.79 Å². The average Bonchev–Trinajstić information content (AvgIpc) is 3.12. The number of ether oxygens (including phenoxy) is 2. The molecule has 0 bridgehead atoms. The van der Waals surface area contributed by atoms with Gasteiger partial charge in [0.15, 0.2) is 5.69 Å². The van der Waals surface area contributed by atoms with Crippen LogP contribution >= 0.6 is 11.6 Å². The first-order chi connectivity index (χ1) is 14.8. The van der Waals surface area contributed by atoms with Crippen LogP contribution in [0.1, 0.15) is 42.5 Å². The van der Waals surface area contributed by atoms with E-state index in [0.29, 0.717) is 17.3 Å². The minimum atomic E-state index is -0.736. The predicted octanol–water partition coefficient (Wildman–Crippen LogP) is 3.11. The van der Waals surface area contributed by atoms with Gasteiger partial charge in [-0.2, -0.15) is 0 Å². The van der Waals surface area contributed by atoms with Gasteiger partial charge in [0, 0.05) is 10.7 Å². The van der Waals surface area contributed by atoms with Crippen molar-refractivity contribution < 1.29 is 23.9 Å². The van der Waals surface area contributed by atoms with E-state index in [0.717, 1.165) is 5.56 Å². The zero-order valence-electron chi connectivity index (χ0n) is 17.0. The van der Waals surface area contributed by atoms with Crippen LogP contribution in [0.5, 0.6) is 0 Å². The summed E-state index contributed by atoms with van der Waals surface area (Å²) < 4.78 is 11.0. The van der Waals surface area contributed by atoms with Gasteiger partial charge in [0.1, 0.15) is 0 Å². The molecule has 1 N–H and O–H groups in total. The summed E-state index contributed by atoms with van der Waals surface area (Å²) in [6, 6.07) is 11.5. The number of anilines is 1. The van der Waals surface area contributed by atoms with Crippen molar-refractivity contribution >= 4 is 35.1 Å². The molecule has 160 valence electrons. The highest BCUT2D eigenvalue weighted by Gasteiger charge is 2.21. The number of amides is 1. The van der Waals surface area contributed by atoms with Gasteiger partial charge >= 0.3 is 11.9 Å². The predicted molar refractivity (Wildman–Crippen MR) is 112 cm³/mol. The van der Waals surface area contributed by atoms with E-state index < -0.39 is 17.8 Å². The molecule has 0 saturated heterocycles. The molecular formula is C21H19ClN4O5. The van der Waals surface area contributed by atoms with Crippen molar-refractivity contribution in [3.63, 3.8) is 0 Å². The Morgan fingerprint density at radius 1 is 1.03 bits per heavy atom. The third-order valence-corrected chi connectivity index (χ3v) is 4.74. The second kappa shape index (κ2) is 9.40. The molecule has 10 heteroatoms. The van der Waals surface area contributed by atoms with E-state index in [2.05, 4.69) is 20.4 Å². The molecule has 9 nitrogen and oxygen atoms in total. The molecule has 0 atom stereocenters. The summed E-state index contributed by atoms with van der Waals surface area (Å²) >= 11 is 6.01. The Morgan fingerprint density at radius 2 is 1.74 bits per heavy atom. The highest BCUT2D eigenvalue weighted by molar-refractivity contribution is 6.30. The molecule has 0 radical (unpaired) electrons. The maximum absolute atomic E-state index is 12.7. The van der Waals surface area contributed by atoms with E-state index >= 15 is 0 Å². The van der Waals surface area contributed by atoms with Gasteiger partial charge in [0.2, 0.25) is 0 Å². The topological polar surface area (TPSA) is 112 Å². The second-order valence-electron chi connectivity index (χ2n) is 6.51. The number of halogens is 1. The lowest BCUT2D eigenvalue weighted by molar-refractivity contribution is 0.0555. The van der Waals surface area contributed by atoms with Crippen LogP contribution in [0.3, 0.4) is 0 Å². The first-order valence-corrected chi connectivity index (χ1v) is 9.48. The van der Waals surface area contributed by atoms with Crippen molar-refractivity contribution in [3.05, 3.63) is 75.6 Å². The van der Waals surface area contributed by atoms with E-state index in [-0.39, 0.29) is 22.5 Å². The third kappa shape index (κ3) is 4.89. The first kappa shape index (κ1) is 22.0. The SMILES string of the molecule is COC(=O)c1ccc(NC(=O)c2nnn(Cc3cccc(Cl)c3)c2C)cc1C(=O)OC. The van der Waals surface area contributed by atoms with E-state index in [4.69, 9.17) is 16.3 Å². The zero-order chi connectivity index (χ0) is 22.5. The summed E-state index contributed by atoms with van der Waals surface area (Å²) in [5.41, 5.74) is 1.86. The van der Waals surface area contributed by atoms with E-state index in [1.54, 1.807) is 23.7 Å². The quantitative estimate of drug-likeness (QED) is 0.583. The summed E-state index contributed by atoms with van der Waals surface area (Å²) in [5, 5.41) is 11.3. The highest BCUT2D eigenvalue weighted by atomic mass is 35.5. The van der Waals surface area contributed by atoms with Crippen LogP contribution in [0, 0.1) is 6.92 Å². The van der Waals surface area contributed by atoms with Crippen LogP contribution in [-0.2, 0) is 16.0 Å². The molecule has 0 unspecified atom stereocenters. The Morgan fingerprint density at radius 3 is 2.42 bits per heavy atom. The van der Waals surface area contributed by atoms with Gasteiger partial charge in [-0.15, -0.1) is 5.10 Å². The number of carbonyl (C=O) groups excluding carboxylic acids is 3. The minimum Gasteiger partial charge on any atom is -0.465 e. The highest BCUT2D eigenvalue weighted by Crippen LogP contribution is 2.19. The standard InChI is InChI=1S/C21H19ClN4O5/c1-12-18(24-25-26(12)11-13-5-4-6-14(22)9-13)19(27)23-15-7-8-16(20(28)30-2)17(10-15)21(29)31-3/h4-10H,11H2,1-3H3,(H,23,27). The van der Waals surface area contributed by atoms with Crippen molar-refractivity contribution in [3.8, 4) is 0 Å². The molecule has 0 aliphatic carbocycles. The van der Waals surface area contributed by atoms with Gasteiger partial charge in [0.05, 0.1) is 37.6 Å². The Balaban J connectivity index is 1.82. The monoisotopic (exact) mass is 442 g/mol. The lowest BCUT2D eigenvalue weighted by atomic mass is 10.1. The van der Waals surface area contributed by atoms with Crippen LogP contribution < -0.4 is 5.32 Å². The largest absolute Gasteiger partial charge is 0.465 e. The number of aromatic nitrogens is 3. The lowest BCUT2D eigenvalue weighted by Crippen LogP contribution is -2.16. The van der Waals surface area contributed by atoms with Crippen molar-refractivity contribution in [2.45, 2.75) is 13.5 Å². The fraction of sp³-hybridized carbons (Fsp3) is 0.190. The first-order valence-electron chi connectivity index (χ1n) is 9.10. The fourth-order valence-corrected chi connectivity index (χ4v) is 3.12. The molecule has 3 aromatic rings. The molecule has 1 heterocycles. The molecule has 0 aliphatic heterocycles. The fourth-order valence-electron chi connectivity index (χ4n) is 2.91. The molecule has 0 saturated carbocycles. The molecule has 1 amide bonds. The maximum Gasteiger partial charge on any atom is 0.338 e. The van der Waals surface area contributed by atoms with Crippen molar-refractivity contribution in [1.82, 2.24) is 15.0 Å². The Kier molecular flexibility index (Phi) is 6.66. The number of hydrogen-bond donors (Lipinski definition) is 1. The van der Waals surface area contributed by atoms with Gasteiger partial charge in [-0.1, -0.05) is 28.9 Å². The number of rotatable bonds is 6. The Labute approximate surface area is 182 Å². The summed E-state index contributed by atoms with van der Waals surface area (Å²) in [7, 11) is 2.39. The molecule has 31 heavy (non-hydrogen) atoms. The Hall–Kier alpha value is -3.72. The summed E-state index contributed by atoms with van der Waals surface area (Å²) in [6.45, 7) is 2.12. The van der Waals surface area contributed by atoms with Crippen LogP contribution in [0.25, 0.3) is 0 Å². The third-order valence-electron chi connectivity index (χ3n) is 4.51. The van der Waals surface area contributed by atoms with Crippen molar-refractivity contribution in [2.24, 2.45) is 0 Å². The molecule has 0 spiro atoms. The molecule has 0 fully saturated rings. The zero-order valence-corrected chi connectivity index (χ0v) is 17.8. The molecule has 2 aromatic carbocycles. The molecule has 0 aliphatic rings. The molecule has 3 rings (SSSR count). The van der Waals surface area contributed by atoms with Crippen LogP contribution in [0.15, 0.2) is 42.5 Å². The second-order valence-corrected chi connectivity index (χ2v) is 6.95. The van der Waals surface area contributed by atoms with Crippen LogP contribution in [-0.4, -0.2) is 47.1 Å². The maximum atomic E-state index is 12.7. The number of esters is 2. The normalized spacial score (nSPS) is 10.5. The molecular weight excluding hydrogens is 424 g/mol. The van der Waals surface area contributed by atoms with Gasteiger partial charge in [-0.05, 0) is 42.8 Å². The smallest absolute Gasteiger partial charge is 0.338 e. The number of benzene rings is 2. The summed E-state index contributed by atoms with van der Waals surface area (Å²) in [6.07, 6.45) is 0. The van der Waals surface area contributed by atoms with Gasteiger partial charge in [-0.25, -0.2) is 14.3 Å². The van der Waals surface area contributed by atoms with Crippen LogP contribution in [0.4, 0.5) is 5.69 Å². The van der Waals surface area contributed by atoms with Crippen LogP contribution in [0.2, 0.25) is 5.02 Å². The van der Waals surface area contributed by atoms with Crippen molar-refractivity contribution in [1.29, 1.82) is 0 Å². The Bertz CT molecular complexity index is 1160. The van der Waals surface area contributed by atoms with Gasteiger partial charge in [0.25, 0.3) is 5.91 Å². The lowest BCUT2D eigenvalue weighted by Gasteiger charge is -2.10. The average molecular weight is 443 g/mol. The number of hydrogen-bond acceptors (Lipinski definition) is 7. The number of carbonyl (C=O) groups is 3. The number of nitrogens with zero attached hydrogens (tertiary/aromatic N) is 3. The number of nitrogens with one attached hydrogen (secondary N) is 1. The summed E-state index contributed by atoms with van der Waals surface area (Å²) in [4.78, 5) is 36.6. The van der Waals surface area contributed by atoms with E-state index in [1.807, 2.05) is 12.1 Å². The summed E-state index contributed by atoms with van der Waals surface area (Å²) in [5.74, 6) is -1.95. The van der Waals surface area contributed by atoms with Crippen molar-refractivity contribution in [2.75, 3.05) is 19.5 Å². The minimum absolute atomic E-state index is 0.0241. The number of methoxy groups -OCH3 is 2. The van der Waals surface area contributed by atoms with Gasteiger partial charge < -0.3 is 14.8 Å². The molecule has 1 aromatic heterocycles. The van der Waals surface area contributed by atoms with E-state index in [9.17, 15) is 14.4 Å².